The number of amides is 1. The van der Waals surface area contributed by atoms with Crippen LogP contribution in [-0.4, -0.2) is 110 Å². The van der Waals surface area contributed by atoms with Gasteiger partial charge in [0.15, 0.2) is 6.29 Å². The van der Waals surface area contributed by atoms with Gasteiger partial charge in [-0.3, -0.25) is 4.79 Å². The normalized spacial score (nSPS) is 22.3. The molecule has 9 atom stereocenters. The molecular weight excluding hydrogens is 727 g/mol. The van der Waals surface area contributed by atoms with Crippen LogP contribution in [0.4, 0.5) is 0 Å². The fourth-order valence-corrected chi connectivity index (χ4v) is 7.46. The molecule has 0 aromatic rings. The molecule has 0 spiro atoms. The number of carbonyl (C=O) groups excluding carboxylic acids is 1. The molecule has 57 heavy (non-hydrogen) atoms. The molecule has 0 saturated carbocycles. The van der Waals surface area contributed by atoms with E-state index in [1.54, 1.807) is 0 Å². The standard InChI is InChI=1S/C46H87NO10/c1-3-5-7-9-11-13-14-15-16-17-18-19-20-21-22-23-24-25-26-28-30-32-34-39(50)45(55)47-37(36-56-46-44(54)43(53)42(52)40(35-48)57-46)41(51)38(49)33-31-29-27-12-10-8-6-4-2/h4,6,12,27,37-44,46,48-54H,3,5,7-11,13-26,28-36H2,1-2H3,(H,47,55)/b6-4+,27-12+. The zero-order valence-corrected chi connectivity index (χ0v) is 36.1. The first kappa shape index (κ1) is 53.6. The van der Waals surface area contributed by atoms with Gasteiger partial charge in [-0.1, -0.05) is 172 Å². The largest absolute Gasteiger partial charge is 0.394 e. The van der Waals surface area contributed by atoms with E-state index in [1.165, 1.54) is 116 Å². The van der Waals surface area contributed by atoms with Gasteiger partial charge in [-0.05, 0) is 45.4 Å². The first-order valence-electron chi connectivity index (χ1n) is 23.2. The highest BCUT2D eigenvalue weighted by Gasteiger charge is 2.44. The number of hydrogen-bond donors (Lipinski definition) is 8. The fourth-order valence-electron chi connectivity index (χ4n) is 7.46. The van der Waals surface area contributed by atoms with Gasteiger partial charge in [-0.25, -0.2) is 0 Å². The van der Waals surface area contributed by atoms with Gasteiger partial charge < -0.3 is 50.5 Å². The molecular formula is C46H87NO10. The van der Waals surface area contributed by atoms with Crippen molar-refractivity contribution in [1.82, 2.24) is 5.32 Å². The topological polar surface area (TPSA) is 189 Å². The molecule has 11 heteroatoms. The zero-order chi connectivity index (χ0) is 41.9. The van der Waals surface area contributed by atoms with Crippen molar-refractivity contribution in [3.8, 4) is 0 Å². The molecule has 1 aliphatic heterocycles. The van der Waals surface area contributed by atoms with Crippen LogP contribution in [-0.2, 0) is 14.3 Å². The number of hydrogen-bond acceptors (Lipinski definition) is 10. The van der Waals surface area contributed by atoms with Crippen molar-refractivity contribution in [3.05, 3.63) is 24.3 Å². The van der Waals surface area contributed by atoms with E-state index in [-0.39, 0.29) is 12.8 Å². The minimum Gasteiger partial charge on any atom is -0.394 e. The smallest absolute Gasteiger partial charge is 0.249 e. The van der Waals surface area contributed by atoms with Gasteiger partial charge >= 0.3 is 0 Å². The van der Waals surface area contributed by atoms with Crippen molar-refractivity contribution in [3.63, 3.8) is 0 Å². The van der Waals surface area contributed by atoms with Crippen LogP contribution in [0.5, 0.6) is 0 Å². The maximum absolute atomic E-state index is 13.0. The molecule has 1 aliphatic rings. The number of ether oxygens (including phenoxy) is 2. The van der Waals surface area contributed by atoms with Crippen LogP contribution in [0, 0.1) is 0 Å². The lowest BCUT2D eigenvalue weighted by molar-refractivity contribution is -0.303. The summed E-state index contributed by atoms with van der Waals surface area (Å²) in [5.74, 6) is -0.712. The van der Waals surface area contributed by atoms with Gasteiger partial charge in [0, 0.05) is 0 Å². The second-order valence-electron chi connectivity index (χ2n) is 16.5. The van der Waals surface area contributed by atoms with E-state index in [9.17, 15) is 40.5 Å². The molecule has 1 heterocycles. The number of nitrogens with one attached hydrogen (secondary N) is 1. The van der Waals surface area contributed by atoms with Crippen molar-refractivity contribution in [2.75, 3.05) is 13.2 Å². The Balaban J connectivity index is 2.33. The Hall–Kier alpha value is -1.41. The minimum absolute atomic E-state index is 0.245. The fraction of sp³-hybridized carbons (Fsp3) is 0.891. The third-order valence-electron chi connectivity index (χ3n) is 11.3. The molecule has 0 aromatic heterocycles. The van der Waals surface area contributed by atoms with E-state index in [0.717, 1.165) is 32.1 Å². The lowest BCUT2D eigenvalue weighted by atomic mass is 9.98. The van der Waals surface area contributed by atoms with Crippen LogP contribution < -0.4 is 5.32 Å². The molecule has 336 valence electrons. The van der Waals surface area contributed by atoms with Crippen molar-refractivity contribution in [2.45, 2.75) is 249 Å². The van der Waals surface area contributed by atoms with E-state index in [4.69, 9.17) is 9.47 Å². The summed E-state index contributed by atoms with van der Waals surface area (Å²) in [5.41, 5.74) is 0. The van der Waals surface area contributed by atoms with E-state index < -0.39 is 74.2 Å². The van der Waals surface area contributed by atoms with Crippen LogP contribution in [0.1, 0.15) is 194 Å². The first-order chi connectivity index (χ1) is 27.7. The number of allylic oxidation sites excluding steroid dienone is 4. The summed E-state index contributed by atoms with van der Waals surface area (Å²) >= 11 is 0. The summed E-state index contributed by atoms with van der Waals surface area (Å²) in [4.78, 5) is 13.0. The predicted molar refractivity (Wildman–Crippen MR) is 229 cm³/mol. The summed E-state index contributed by atoms with van der Waals surface area (Å²) in [6.07, 6.45) is 28.5. The third-order valence-corrected chi connectivity index (χ3v) is 11.3. The molecule has 0 bridgehead atoms. The second-order valence-corrected chi connectivity index (χ2v) is 16.5. The maximum Gasteiger partial charge on any atom is 0.249 e. The van der Waals surface area contributed by atoms with Crippen LogP contribution >= 0.6 is 0 Å². The van der Waals surface area contributed by atoms with Crippen LogP contribution in [0.2, 0.25) is 0 Å². The Morgan fingerprint density at radius 1 is 0.632 bits per heavy atom. The summed E-state index contributed by atoms with van der Waals surface area (Å²) in [5, 5.41) is 75.3. The number of aliphatic hydroxyl groups excluding tert-OH is 7. The van der Waals surface area contributed by atoms with Crippen molar-refractivity contribution in [1.29, 1.82) is 0 Å². The molecule has 1 fully saturated rings. The number of unbranched alkanes of at least 4 members (excludes halogenated alkanes) is 23. The molecule has 0 aromatic carbocycles. The molecule has 8 N–H and O–H groups in total. The van der Waals surface area contributed by atoms with Crippen molar-refractivity contribution < 1.29 is 50.0 Å². The lowest BCUT2D eigenvalue weighted by Gasteiger charge is -2.40. The Bertz CT molecular complexity index is 981. The summed E-state index contributed by atoms with van der Waals surface area (Å²) in [6, 6.07) is -1.18. The van der Waals surface area contributed by atoms with Crippen molar-refractivity contribution in [2.24, 2.45) is 0 Å². The summed E-state index contributed by atoms with van der Waals surface area (Å²) in [6.45, 7) is 3.17. The maximum atomic E-state index is 13.0. The van der Waals surface area contributed by atoms with Gasteiger partial charge in [-0.2, -0.15) is 0 Å². The molecule has 11 nitrogen and oxygen atoms in total. The van der Waals surface area contributed by atoms with E-state index in [0.29, 0.717) is 19.3 Å². The van der Waals surface area contributed by atoms with Gasteiger partial charge in [0.1, 0.15) is 36.6 Å². The van der Waals surface area contributed by atoms with Gasteiger partial charge in [0.25, 0.3) is 0 Å². The molecule has 1 amide bonds. The van der Waals surface area contributed by atoms with E-state index in [2.05, 4.69) is 24.4 Å². The SMILES string of the molecule is C/C=C/CC/C=C/CCCC(O)C(O)C(COC1OC(CO)C(O)C(O)C1O)NC(=O)C(O)CCCCCCCCCCCCCCCCCCCCCCCC. The molecule has 1 rings (SSSR count). The number of aliphatic hydroxyl groups is 7. The van der Waals surface area contributed by atoms with Gasteiger partial charge in [0.05, 0.1) is 25.4 Å². The molecule has 1 saturated heterocycles. The average Bonchev–Trinajstić information content (AvgIpc) is 3.21. The summed E-state index contributed by atoms with van der Waals surface area (Å²) < 4.78 is 11.0. The van der Waals surface area contributed by atoms with E-state index >= 15 is 0 Å². The third kappa shape index (κ3) is 26.4. The van der Waals surface area contributed by atoms with Gasteiger partial charge in [0.2, 0.25) is 5.91 Å². The molecule has 9 unspecified atom stereocenters. The second kappa shape index (κ2) is 36.4. The molecule has 0 radical (unpaired) electrons. The number of carbonyl (C=O) groups is 1. The molecule has 0 aliphatic carbocycles. The van der Waals surface area contributed by atoms with Gasteiger partial charge in [-0.15, -0.1) is 0 Å². The first-order valence-corrected chi connectivity index (χ1v) is 23.2. The van der Waals surface area contributed by atoms with Crippen LogP contribution in [0.25, 0.3) is 0 Å². The minimum atomic E-state index is -1.67. The Morgan fingerprint density at radius 2 is 1.11 bits per heavy atom. The Morgan fingerprint density at radius 3 is 1.60 bits per heavy atom. The Kier molecular flexibility index (Phi) is 34.3. The average molecular weight is 814 g/mol. The van der Waals surface area contributed by atoms with Crippen molar-refractivity contribution >= 4 is 5.91 Å². The Labute approximate surface area is 346 Å². The van der Waals surface area contributed by atoms with E-state index in [1.807, 2.05) is 19.1 Å². The quantitative estimate of drug-likeness (QED) is 0.0230. The summed E-state index contributed by atoms with van der Waals surface area (Å²) in [7, 11) is 0. The van der Waals surface area contributed by atoms with Crippen LogP contribution in [0.15, 0.2) is 24.3 Å². The lowest BCUT2D eigenvalue weighted by Crippen LogP contribution is -2.60. The van der Waals surface area contributed by atoms with Crippen LogP contribution in [0.3, 0.4) is 0 Å². The predicted octanol–water partition coefficient (Wildman–Crippen LogP) is 7.45. The zero-order valence-electron chi connectivity index (χ0n) is 36.1. The number of rotatable bonds is 38. The highest BCUT2D eigenvalue weighted by molar-refractivity contribution is 5.80. The highest BCUT2D eigenvalue weighted by atomic mass is 16.7. The highest BCUT2D eigenvalue weighted by Crippen LogP contribution is 2.23. The monoisotopic (exact) mass is 814 g/mol.